The van der Waals surface area contributed by atoms with Crippen molar-refractivity contribution >= 4 is 11.9 Å². The summed E-state index contributed by atoms with van der Waals surface area (Å²) < 4.78 is 7.29. The Morgan fingerprint density at radius 1 is 1.20 bits per heavy atom. The van der Waals surface area contributed by atoms with Crippen molar-refractivity contribution in [3.8, 4) is 11.3 Å². The van der Waals surface area contributed by atoms with Gasteiger partial charge in [-0.15, -0.1) is 0 Å². The number of hydrogen-bond donors (Lipinski definition) is 4. The van der Waals surface area contributed by atoms with Crippen molar-refractivity contribution in [1.29, 1.82) is 5.41 Å². The number of nitrogens with zero attached hydrogens (tertiary/aromatic N) is 2. The lowest BCUT2D eigenvalue weighted by molar-refractivity contribution is 0.0515. The molecule has 0 aliphatic rings. The van der Waals surface area contributed by atoms with Crippen LogP contribution in [-0.2, 0) is 23.6 Å². The van der Waals surface area contributed by atoms with E-state index in [0.29, 0.717) is 6.42 Å². The minimum Gasteiger partial charge on any atom is -0.444 e. The molecule has 0 saturated heterocycles. The fraction of sp³-hybridized carbons (Fsp3) is 0.500. The summed E-state index contributed by atoms with van der Waals surface area (Å²) >= 11 is 0. The Kier molecular flexibility index (Phi) is 6.92. The van der Waals surface area contributed by atoms with E-state index in [0.717, 1.165) is 22.6 Å². The largest absolute Gasteiger partial charge is 0.444 e. The van der Waals surface area contributed by atoms with Gasteiger partial charge in [-0.1, -0.05) is 45.0 Å². The van der Waals surface area contributed by atoms with Crippen LogP contribution in [0.4, 0.5) is 4.79 Å². The van der Waals surface area contributed by atoms with Crippen LogP contribution in [0.1, 0.15) is 52.9 Å². The molecule has 0 radical (unpaired) electrons. The van der Waals surface area contributed by atoms with Gasteiger partial charge in [-0.2, -0.15) is 0 Å². The average Bonchev–Trinajstić information content (AvgIpc) is 3.01. The van der Waals surface area contributed by atoms with Gasteiger partial charge in [-0.05, 0) is 26.3 Å². The Hall–Kier alpha value is -2.87. The Morgan fingerprint density at radius 3 is 2.27 bits per heavy atom. The van der Waals surface area contributed by atoms with Gasteiger partial charge in [-0.25, -0.2) is 9.78 Å². The zero-order valence-electron chi connectivity index (χ0n) is 18.8. The topological polar surface area (TPSA) is 112 Å². The van der Waals surface area contributed by atoms with E-state index in [1.807, 2.05) is 47.6 Å². The first-order chi connectivity index (χ1) is 13.8. The van der Waals surface area contributed by atoms with Crippen LogP contribution in [0.2, 0.25) is 0 Å². The van der Waals surface area contributed by atoms with E-state index in [2.05, 4.69) is 26.1 Å². The summed E-state index contributed by atoms with van der Waals surface area (Å²) in [5, 5.41) is 19.6. The van der Waals surface area contributed by atoms with Crippen LogP contribution in [0, 0.1) is 5.41 Å². The molecule has 0 spiro atoms. The fourth-order valence-electron chi connectivity index (χ4n) is 3.10. The van der Waals surface area contributed by atoms with Crippen LogP contribution >= 0.6 is 0 Å². The molecule has 2 aromatic rings. The fourth-order valence-corrected chi connectivity index (χ4v) is 3.10. The second-order valence-corrected chi connectivity index (χ2v) is 9.44. The number of nitrogens with one attached hydrogen (secondary N) is 3. The molecule has 0 bridgehead atoms. The van der Waals surface area contributed by atoms with Gasteiger partial charge in [0.2, 0.25) is 0 Å². The number of alkyl carbamates (subject to hydrolysis) is 1. The number of hydrogen-bond acceptors (Lipinski definition) is 5. The van der Waals surface area contributed by atoms with Crippen molar-refractivity contribution in [2.45, 2.75) is 65.0 Å². The summed E-state index contributed by atoms with van der Waals surface area (Å²) in [6.07, 6.45) is 1.68. The van der Waals surface area contributed by atoms with Gasteiger partial charge in [0.1, 0.15) is 17.3 Å². The molecule has 1 aromatic carbocycles. The smallest absolute Gasteiger partial charge is 0.408 e. The molecule has 0 saturated carbocycles. The molecule has 0 fully saturated rings. The predicted molar refractivity (Wildman–Crippen MR) is 117 cm³/mol. The third-order valence-corrected chi connectivity index (χ3v) is 4.40. The number of hydroxylamine groups is 1. The second kappa shape index (κ2) is 8.87. The van der Waals surface area contributed by atoms with Gasteiger partial charge in [0.15, 0.2) is 0 Å². The van der Waals surface area contributed by atoms with E-state index in [4.69, 9.17) is 20.3 Å². The molecule has 1 atom stereocenters. The summed E-state index contributed by atoms with van der Waals surface area (Å²) in [6, 6.07) is 7.03. The normalized spacial score (nSPS) is 12.9. The molecule has 8 heteroatoms. The summed E-state index contributed by atoms with van der Waals surface area (Å²) in [4.78, 5) is 16.9. The number of amidine groups is 1. The number of aromatic nitrogens is 2. The minimum atomic E-state index is -0.752. The number of amides is 1. The van der Waals surface area contributed by atoms with Gasteiger partial charge in [-0.3, -0.25) is 16.1 Å². The van der Waals surface area contributed by atoms with Crippen molar-refractivity contribution in [1.82, 2.24) is 20.3 Å². The maximum Gasteiger partial charge on any atom is 0.408 e. The second-order valence-electron chi connectivity index (χ2n) is 9.44. The molecule has 1 heterocycles. The first kappa shape index (κ1) is 23.4. The van der Waals surface area contributed by atoms with Crippen LogP contribution < -0.4 is 10.8 Å². The van der Waals surface area contributed by atoms with Gasteiger partial charge in [0.25, 0.3) is 0 Å². The molecule has 0 unspecified atom stereocenters. The Morgan fingerprint density at radius 2 is 1.80 bits per heavy atom. The monoisotopic (exact) mass is 415 g/mol. The first-order valence-corrected chi connectivity index (χ1v) is 9.91. The van der Waals surface area contributed by atoms with E-state index in [1.54, 1.807) is 20.8 Å². The maximum absolute atomic E-state index is 12.1. The standard InChI is InChI=1S/C22H33N5O3/c1-21(2,3)19-24-17(13-27(19)7)15-10-8-14(9-11-15)12-16(18(23)26-29)25-20(28)30-22(4,5)6/h8-11,13,16,29H,12H2,1-7H3,(H2,23,26)(H,25,28)/t16-/m0/s1. The Bertz CT molecular complexity index is 889. The van der Waals surface area contributed by atoms with Crippen molar-refractivity contribution in [3.05, 3.63) is 41.9 Å². The van der Waals surface area contributed by atoms with E-state index in [9.17, 15) is 4.79 Å². The highest BCUT2D eigenvalue weighted by Crippen LogP contribution is 2.26. The summed E-state index contributed by atoms with van der Waals surface area (Å²) in [6.45, 7) is 11.7. The number of imidazole rings is 1. The van der Waals surface area contributed by atoms with E-state index >= 15 is 0 Å². The molecule has 0 aliphatic heterocycles. The molecule has 4 N–H and O–H groups in total. The highest BCUT2D eigenvalue weighted by Gasteiger charge is 2.23. The highest BCUT2D eigenvalue weighted by atomic mass is 16.6. The van der Waals surface area contributed by atoms with Crippen LogP contribution in [0.3, 0.4) is 0 Å². The van der Waals surface area contributed by atoms with Gasteiger partial charge in [0, 0.05) is 30.6 Å². The highest BCUT2D eigenvalue weighted by molar-refractivity contribution is 5.87. The maximum atomic E-state index is 12.1. The molecule has 0 aliphatic carbocycles. The van der Waals surface area contributed by atoms with Crippen LogP contribution in [0.25, 0.3) is 11.3 Å². The van der Waals surface area contributed by atoms with Crippen LogP contribution in [0.15, 0.2) is 30.5 Å². The Labute approximate surface area is 178 Å². The molecule has 8 nitrogen and oxygen atoms in total. The molecule has 164 valence electrons. The molecule has 30 heavy (non-hydrogen) atoms. The van der Waals surface area contributed by atoms with Crippen molar-refractivity contribution in [2.75, 3.05) is 0 Å². The van der Waals surface area contributed by atoms with E-state index < -0.39 is 17.7 Å². The summed E-state index contributed by atoms with van der Waals surface area (Å²) in [5.41, 5.74) is 3.88. The zero-order chi connectivity index (χ0) is 22.7. The number of ether oxygens (including phenoxy) is 1. The van der Waals surface area contributed by atoms with Crippen molar-refractivity contribution in [2.24, 2.45) is 7.05 Å². The van der Waals surface area contributed by atoms with E-state index in [-0.39, 0.29) is 11.3 Å². The Balaban J connectivity index is 2.16. The van der Waals surface area contributed by atoms with Crippen LogP contribution in [0.5, 0.6) is 0 Å². The number of carbonyl (C=O) groups is 1. The van der Waals surface area contributed by atoms with Gasteiger partial charge < -0.3 is 14.6 Å². The SMILES string of the molecule is Cn1cc(-c2ccc(C[C@H](NC(=O)OC(C)(C)C)C(=N)NO)cc2)nc1C(C)(C)C. The summed E-state index contributed by atoms with van der Waals surface area (Å²) in [5.74, 6) is 0.787. The third-order valence-electron chi connectivity index (χ3n) is 4.40. The van der Waals surface area contributed by atoms with Gasteiger partial charge >= 0.3 is 6.09 Å². The quantitative estimate of drug-likeness (QED) is 0.337. The molecular weight excluding hydrogens is 382 g/mol. The first-order valence-electron chi connectivity index (χ1n) is 9.91. The molecule has 1 aromatic heterocycles. The molecule has 2 rings (SSSR count). The lowest BCUT2D eigenvalue weighted by Crippen LogP contribution is -2.48. The number of rotatable bonds is 5. The minimum absolute atomic E-state index is 0.0504. The predicted octanol–water partition coefficient (Wildman–Crippen LogP) is 3.78. The van der Waals surface area contributed by atoms with E-state index in [1.165, 1.54) is 0 Å². The number of benzene rings is 1. The molecular formula is C22H33N5O3. The third kappa shape index (κ3) is 6.32. The lowest BCUT2D eigenvalue weighted by Gasteiger charge is -2.23. The number of carbonyl (C=O) groups excluding carboxylic acids is 1. The average molecular weight is 416 g/mol. The summed E-state index contributed by atoms with van der Waals surface area (Å²) in [7, 11) is 1.99. The zero-order valence-corrected chi connectivity index (χ0v) is 18.8. The molecule has 1 amide bonds. The number of aryl methyl sites for hydroxylation is 1. The van der Waals surface area contributed by atoms with Crippen molar-refractivity contribution < 1.29 is 14.7 Å². The van der Waals surface area contributed by atoms with Gasteiger partial charge in [0.05, 0.1) is 11.7 Å². The lowest BCUT2D eigenvalue weighted by atomic mass is 9.96. The van der Waals surface area contributed by atoms with Crippen molar-refractivity contribution in [3.63, 3.8) is 0 Å². The van der Waals surface area contributed by atoms with Crippen LogP contribution in [-0.4, -0.2) is 38.3 Å².